The predicted octanol–water partition coefficient (Wildman–Crippen LogP) is 0.414. The summed E-state index contributed by atoms with van der Waals surface area (Å²) in [7, 11) is 1.51. The number of hydrogen-bond donors (Lipinski definition) is 2. The Labute approximate surface area is 112 Å². The van der Waals surface area contributed by atoms with Crippen molar-refractivity contribution in [3.63, 3.8) is 0 Å². The lowest BCUT2D eigenvalue weighted by atomic mass is 9.72. The number of aliphatic hydroxyl groups excluding tert-OH is 1. The molecule has 2 heterocycles. The first-order valence-electron chi connectivity index (χ1n) is 6.51. The van der Waals surface area contributed by atoms with E-state index in [0.717, 1.165) is 12.2 Å². The molecule has 0 bridgehead atoms. The van der Waals surface area contributed by atoms with Gasteiger partial charge in [-0.3, -0.25) is 4.79 Å². The summed E-state index contributed by atoms with van der Waals surface area (Å²) in [5, 5.41) is 12.9. The van der Waals surface area contributed by atoms with Crippen LogP contribution < -0.4 is 5.32 Å². The maximum absolute atomic E-state index is 12.0. The van der Waals surface area contributed by atoms with Gasteiger partial charge in [-0.15, -0.1) is 0 Å². The zero-order chi connectivity index (χ0) is 13.4. The minimum atomic E-state index is -0.129. The van der Waals surface area contributed by atoms with Gasteiger partial charge < -0.3 is 20.1 Å². The van der Waals surface area contributed by atoms with E-state index < -0.39 is 0 Å². The van der Waals surface area contributed by atoms with Crippen molar-refractivity contribution < 1.29 is 14.6 Å². The van der Waals surface area contributed by atoms with E-state index in [1.54, 1.807) is 4.90 Å². The largest absolute Gasteiger partial charge is 0.394 e. The molecule has 0 unspecified atom stereocenters. The van der Waals surface area contributed by atoms with Crippen LogP contribution in [0.15, 0.2) is 24.3 Å². The molecule has 0 spiro atoms. The summed E-state index contributed by atoms with van der Waals surface area (Å²) in [6.45, 7) is 0.792. The first-order chi connectivity index (χ1) is 9.27. The zero-order valence-corrected chi connectivity index (χ0v) is 10.9. The molecule has 5 heteroatoms. The van der Waals surface area contributed by atoms with Crippen molar-refractivity contribution in [2.45, 2.75) is 18.0 Å². The van der Waals surface area contributed by atoms with E-state index in [0.29, 0.717) is 0 Å². The van der Waals surface area contributed by atoms with Gasteiger partial charge in [0.1, 0.15) is 6.61 Å². The Balaban J connectivity index is 1.87. The molecule has 3 atom stereocenters. The van der Waals surface area contributed by atoms with E-state index in [-0.39, 0.29) is 37.1 Å². The van der Waals surface area contributed by atoms with Crippen LogP contribution in [-0.2, 0) is 9.53 Å². The highest BCUT2D eigenvalue weighted by Crippen LogP contribution is 2.45. The number of likely N-dealkylation sites (tertiary alicyclic amines) is 1. The Morgan fingerprint density at radius 3 is 3.05 bits per heavy atom. The highest BCUT2D eigenvalue weighted by molar-refractivity contribution is 5.80. The van der Waals surface area contributed by atoms with E-state index in [1.807, 2.05) is 18.2 Å². The van der Waals surface area contributed by atoms with Crippen LogP contribution in [0.4, 0.5) is 5.69 Å². The second-order valence-electron chi connectivity index (χ2n) is 5.05. The molecule has 0 saturated carbocycles. The maximum Gasteiger partial charge on any atom is 0.249 e. The molecule has 3 rings (SSSR count). The highest BCUT2D eigenvalue weighted by Gasteiger charge is 2.52. The summed E-state index contributed by atoms with van der Waals surface area (Å²) in [6.07, 6.45) is 0. The molecule has 2 aliphatic heterocycles. The maximum atomic E-state index is 12.0. The predicted molar refractivity (Wildman–Crippen MR) is 71.1 cm³/mol. The van der Waals surface area contributed by atoms with Gasteiger partial charge in [0.25, 0.3) is 0 Å². The number of nitrogens with one attached hydrogen (secondary N) is 1. The highest BCUT2D eigenvalue weighted by atomic mass is 16.5. The van der Waals surface area contributed by atoms with Gasteiger partial charge in [-0.1, -0.05) is 18.2 Å². The molecule has 1 saturated heterocycles. The van der Waals surface area contributed by atoms with E-state index in [1.165, 1.54) is 12.7 Å². The smallest absolute Gasteiger partial charge is 0.249 e. The lowest BCUT2D eigenvalue weighted by molar-refractivity contribution is -0.154. The van der Waals surface area contributed by atoms with Gasteiger partial charge in [0, 0.05) is 25.3 Å². The van der Waals surface area contributed by atoms with E-state index >= 15 is 0 Å². The number of hydrogen-bond acceptors (Lipinski definition) is 4. The monoisotopic (exact) mass is 262 g/mol. The van der Waals surface area contributed by atoms with Crippen molar-refractivity contribution in [3.8, 4) is 0 Å². The number of nitrogens with zero attached hydrogens (tertiary/aromatic N) is 1. The molecule has 2 N–H and O–H groups in total. The van der Waals surface area contributed by atoms with Crippen LogP contribution >= 0.6 is 0 Å². The van der Waals surface area contributed by atoms with E-state index in [9.17, 15) is 9.90 Å². The first-order valence-corrected chi connectivity index (χ1v) is 6.51. The summed E-state index contributed by atoms with van der Waals surface area (Å²) >= 11 is 0. The first kappa shape index (κ1) is 12.4. The number of benzene rings is 1. The van der Waals surface area contributed by atoms with E-state index in [4.69, 9.17) is 4.74 Å². The molecule has 2 aliphatic rings. The molecule has 102 valence electrons. The molecule has 1 amide bonds. The number of carbonyl (C=O) groups excluding carboxylic acids is 1. The molecule has 1 aromatic rings. The third-order valence-electron chi connectivity index (χ3n) is 4.11. The number of para-hydroxylation sites is 1. The number of rotatable bonds is 3. The van der Waals surface area contributed by atoms with Crippen LogP contribution in [0.25, 0.3) is 0 Å². The van der Waals surface area contributed by atoms with Crippen LogP contribution in [0.5, 0.6) is 0 Å². The van der Waals surface area contributed by atoms with Gasteiger partial charge >= 0.3 is 0 Å². The molecule has 0 aliphatic carbocycles. The quantitative estimate of drug-likeness (QED) is 0.828. The van der Waals surface area contributed by atoms with Crippen LogP contribution in [-0.4, -0.2) is 54.9 Å². The van der Waals surface area contributed by atoms with Crippen LogP contribution in [0.2, 0.25) is 0 Å². The Bertz CT molecular complexity index is 491. The second-order valence-corrected chi connectivity index (χ2v) is 5.05. The fourth-order valence-corrected chi connectivity index (χ4v) is 3.32. The summed E-state index contributed by atoms with van der Waals surface area (Å²) in [6, 6.07) is 8.09. The number of methoxy groups -OCH3 is 1. The fourth-order valence-electron chi connectivity index (χ4n) is 3.32. The molecule has 0 aromatic heterocycles. The Morgan fingerprint density at radius 1 is 1.53 bits per heavy atom. The molecular weight excluding hydrogens is 244 g/mol. The number of carbonyl (C=O) groups is 1. The molecular formula is C14H18N2O3. The van der Waals surface area contributed by atoms with Crippen LogP contribution in [0.3, 0.4) is 0 Å². The topological polar surface area (TPSA) is 61.8 Å². The average molecular weight is 262 g/mol. The number of aliphatic hydroxyl groups is 1. The van der Waals surface area contributed by atoms with Gasteiger partial charge in [0.15, 0.2) is 0 Å². The van der Waals surface area contributed by atoms with Crippen molar-refractivity contribution in [3.05, 3.63) is 29.8 Å². The van der Waals surface area contributed by atoms with Gasteiger partial charge in [-0.05, 0) is 11.6 Å². The number of amides is 1. The van der Waals surface area contributed by atoms with Gasteiger partial charge in [0.05, 0.1) is 18.7 Å². The Hall–Kier alpha value is -1.59. The lowest BCUT2D eigenvalue weighted by Gasteiger charge is -2.57. The summed E-state index contributed by atoms with van der Waals surface area (Å²) in [4.78, 5) is 13.8. The number of anilines is 1. The minimum Gasteiger partial charge on any atom is -0.394 e. The Morgan fingerprint density at radius 2 is 2.32 bits per heavy atom. The van der Waals surface area contributed by atoms with Gasteiger partial charge in [-0.25, -0.2) is 0 Å². The average Bonchev–Trinajstić information content (AvgIpc) is 2.39. The van der Waals surface area contributed by atoms with Crippen molar-refractivity contribution in [1.29, 1.82) is 0 Å². The second kappa shape index (κ2) is 4.83. The third-order valence-corrected chi connectivity index (χ3v) is 4.11. The number of ether oxygens (including phenoxy) is 1. The molecule has 1 aromatic carbocycles. The minimum absolute atomic E-state index is 0.00897. The molecule has 5 nitrogen and oxygen atoms in total. The SMILES string of the molecule is COCC(=O)N1[C@@H]2CNc3ccccc3[C@@H]2[C@@H]1CO. The summed E-state index contributed by atoms with van der Waals surface area (Å²) in [5.74, 6) is 0.173. The van der Waals surface area contributed by atoms with Crippen molar-refractivity contribution >= 4 is 11.6 Å². The molecule has 1 fully saturated rings. The standard InChI is InChI=1S/C14H18N2O3/c1-19-8-13(18)16-11-6-15-10-5-3-2-4-9(10)14(11)12(16)7-17/h2-5,11-12,14-15,17H,6-8H2,1H3/t11-,12+,14+/m1/s1. The van der Waals surface area contributed by atoms with Crippen molar-refractivity contribution in [2.24, 2.45) is 0 Å². The molecule has 19 heavy (non-hydrogen) atoms. The zero-order valence-electron chi connectivity index (χ0n) is 10.9. The normalized spacial score (nSPS) is 27.9. The summed E-state index contributed by atoms with van der Waals surface area (Å²) in [5.41, 5.74) is 2.31. The van der Waals surface area contributed by atoms with Crippen LogP contribution in [0, 0.1) is 0 Å². The summed E-state index contributed by atoms with van der Waals surface area (Å²) < 4.78 is 4.91. The van der Waals surface area contributed by atoms with E-state index in [2.05, 4.69) is 11.4 Å². The Kier molecular flexibility index (Phi) is 3.16. The van der Waals surface area contributed by atoms with Gasteiger partial charge in [-0.2, -0.15) is 0 Å². The molecule has 0 radical (unpaired) electrons. The lowest BCUT2D eigenvalue weighted by Crippen LogP contribution is -2.69. The number of fused-ring (bicyclic) bond motifs is 3. The van der Waals surface area contributed by atoms with Crippen LogP contribution in [0.1, 0.15) is 11.5 Å². The van der Waals surface area contributed by atoms with Crippen molar-refractivity contribution in [1.82, 2.24) is 4.90 Å². The third kappa shape index (κ3) is 1.81. The van der Waals surface area contributed by atoms with Gasteiger partial charge in [0.2, 0.25) is 5.91 Å². The fraction of sp³-hybridized carbons (Fsp3) is 0.500. The van der Waals surface area contributed by atoms with Crippen molar-refractivity contribution in [2.75, 3.05) is 32.2 Å².